The van der Waals surface area contributed by atoms with Crippen LogP contribution < -0.4 is 9.62 Å². The average molecular weight is 488 g/mol. The van der Waals surface area contributed by atoms with Crippen LogP contribution in [0.3, 0.4) is 0 Å². The summed E-state index contributed by atoms with van der Waals surface area (Å²) < 4.78 is 26.4. The molecule has 1 atom stereocenters. The Hall–Kier alpha value is -2.87. The van der Waals surface area contributed by atoms with Crippen LogP contribution in [-0.2, 0) is 26.2 Å². The summed E-state index contributed by atoms with van der Waals surface area (Å²) in [6.45, 7) is 11.7. The number of amides is 2. The van der Waals surface area contributed by atoms with Crippen molar-refractivity contribution in [3.05, 3.63) is 64.7 Å². The summed E-state index contributed by atoms with van der Waals surface area (Å²) in [6.07, 6.45) is 1.08. The summed E-state index contributed by atoms with van der Waals surface area (Å²) in [5.41, 5.74) is 4.28. The molecule has 0 aliphatic heterocycles. The van der Waals surface area contributed by atoms with Gasteiger partial charge in [0.2, 0.25) is 21.8 Å². The molecule has 1 N–H and O–H groups in total. The molecule has 0 aromatic heterocycles. The van der Waals surface area contributed by atoms with Crippen molar-refractivity contribution < 1.29 is 18.0 Å². The third-order valence-electron chi connectivity index (χ3n) is 5.74. The standard InChI is InChI=1S/C26H37N3O4S/c1-18(2)15-27-26(31)22(6)28(16-23-10-8-9-19(3)13-23)25(30)17-29(34(7,32)33)24-12-11-20(4)21(5)14-24/h8-14,18,22H,15-17H2,1-7H3,(H,27,31)/t22-/m0/s1. The highest BCUT2D eigenvalue weighted by Gasteiger charge is 2.30. The number of carbonyl (C=O) groups is 2. The molecule has 0 aliphatic rings. The lowest BCUT2D eigenvalue weighted by atomic mass is 10.1. The summed E-state index contributed by atoms with van der Waals surface area (Å²) in [6, 6.07) is 12.2. The molecule has 0 fully saturated rings. The van der Waals surface area contributed by atoms with Crippen LogP contribution in [0.1, 0.15) is 43.0 Å². The summed E-state index contributed by atoms with van der Waals surface area (Å²) in [7, 11) is -3.74. The van der Waals surface area contributed by atoms with Crippen LogP contribution in [0, 0.1) is 26.7 Å². The first-order chi connectivity index (χ1) is 15.8. The first kappa shape index (κ1) is 27.4. The zero-order chi connectivity index (χ0) is 25.6. The monoisotopic (exact) mass is 487 g/mol. The first-order valence-corrected chi connectivity index (χ1v) is 13.3. The van der Waals surface area contributed by atoms with E-state index in [4.69, 9.17) is 0 Å². The Bertz CT molecular complexity index is 1130. The Balaban J connectivity index is 2.39. The van der Waals surface area contributed by atoms with Crippen LogP contribution in [0.5, 0.6) is 0 Å². The van der Waals surface area contributed by atoms with Gasteiger partial charge in [-0.05, 0) is 62.4 Å². The Morgan fingerprint density at radius 3 is 2.21 bits per heavy atom. The predicted molar refractivity (Wildman–Crippen MR) is 137 cm³/mol. The van der Waals surface area contributed by atoms with Gasteiger partial charge in [-0.1, -0.05) is 49.7 Å². The number of nitrogens with zero attached hydrogens (tertiary/aromatic N) is 2. The molecule has 0 heterocycles. The van der Waals surface area contributed by atoms with Crippen molar-refractivity contribution in [3.63, 3.8) is 0 Å². The Morgan fingerprint density at radius 1 is 0.971 bits per heavy atom. The van der Waals surface area contributed by atoms with Gasteiger partial charge in [0.1, 0.15) is 12.6 Å². The lowest BCUT2D eigenvalue weighted by Crippen LogP contribution is -2.51. The highest BCUT2D eigenvalue weighted by Crippen LogP contribution is 2.22. The minimum absolute atomic E-state index is 0.196. The van der Waals surface area contributed by atoms with Crippen molar-refractivity contribution in [1.29, 1.82) is 0 Å². The summed E-state index contributed by atoms with van der Waals surface area (Å²) in [5.74, 6) is -0.452. The first-order valence-electron chi connectivity index (χ1n) is 11.5. The fourth-order valence-electron chi connectivity index (χ4n) is 3.54. The number of carbonyl (C=O) groups excluding carboxylic acids is 2. The number of benzene rings is 2. The number of nitrogens with one attached hydrogen (secondary N) is 1. The zero-order valence-corrected chi connectivity index (χ0v) is 22.1. The van der Waals surface area contributed by atoms with Crippen LogP contribution in [0.4, 0.5) is 5.69 Å². The van der Waals surface area contributed by atoms with Crippen LogP contribution in [-0.4, -0.2) is 50.5 Å². The molecule has 0 radical (unpaired) electrons. The van der Waals surface area contributed by atoms with E-state index in [1.807, 2.05) is 65.0 Å². The van der Waals surface area contributed by atoms with Gasteiger partial charge in [0, 0.05) is 13.1 Å². The third kappa shape index (κ3) is 7.58. The highest BCUT2D eigenvalue weighted by molar-refractivity contribution is 7.92. The Kier molecular flexibility index (Phi) is 9.27. The Morgan fingerprint density at radius 2 is 1.65 bits per heavy atom. The molecule has 2 rings (SSSR count). The van der Waals surface area contributed by atoms with E-state index in [1.54, 1.807) is 19.1 Å². The number of hydrogen-bond donors (Lipinski definition) is 1. The van der Waals surface area contributed by atoms with Crippen molar-refractivity contribution in [2.75, 3.05) is 23.7 Å². The molecule has 0 saturated heterocycles. The van der Waals surface area contributed by atoms with Gasteiger partial charge in [0.15, 0.2) is 0 Å². The van der Waals surface area contributed by atoms with Crippen molar-refractivity contribution in [2.24, 2.45) is 5.92 Å². The SMILES string of the molecule is Cc1cccc(CN(C(=O)CN(c2ccc(C)c(C)c2)S(C)(=O)=O)[C@@H](C)C(=O)NCC(C)C)c1. The van der Waals surface area contributed by atoms with Crippen molar-refractivity contribution in [1.82, 2.24) is 10.2 Å². The molecule has 8 heteroatoms. The maximum Gasteiger partial charge on any atom is 0.244 e. The molecule has 7 nitrogen and oxygen atoms in total. The van der Waals surface area contributed by atoms with E-state index in [2.05, 4.69) is 5.32 Å². The van der Waals surface area contributed by atoms with Crippen LogP contribution in [0.15, 0.2) is 42.5 Å². The van der Waals surface area contributed by atoms with Crippen molar-refractivity contribution in [3.8, 4) is 0 Å². The zero-order valence-electron chi connectivity index (χ0n) is 21.3. The summed E-state index contributed by atoms with van der Waals surface area (Å²) >= 11 is 0. The highest BCUT2D eigenvalue weighted by atomic mass is 32.2. The molecule has 2 aromatic rings. The third-order valence-corrected chi connectivity index (χ3v) is 6.89. The lowest BCUT2D eigenvalue weighted by Gasteiger charge is -2.31. The normalized spacial score (nSPS) is 12.4. The predicted octanol–water partition coefficient (Wildman–Crippen LogP) is 3.57. The van der Waals surface area contributed by atoms with Gasteiger partial charge in [-0.3, -0.25) is 13.9 Å². The molecule has 0 spiro atoms. The number of hydrogen-bond acceptors (Lipinski definition) is 4. The molecular weight excluding hydrogens is 450 g/mol. The maximum absolute atomic E-state index is 13.5. The second-order valence-electron chi connectivity index (χ2n) is 9.36. The van der Waals surface area contributed by atoms with Gasteiger partial charge in [0.25, 0.3) is 0 Å². The second kappa shape index (κ2) is 11.5. The number of anilines is 1. The number of aryl methyl sites for hydroxylation is 3. The summed E-state index contributed by atoms with van der Waals surface area (Å²) in [5, 5.41) is 2.88. The second-order valence-corrected chi connectivity index (χ2v) is 11.3. The molecular formula is C26H37N3O4S. The molecule has 2 aromatic carbocycles. The van der Waals surface area contributed by atoms with Crippen LogP contribution in [0.2, 0.25) is 0 Å². The lowest BCUT2D eigenvalue weighted by molar-refractivity contribution is -0.139. The van der Waals surface area contributed by atoms with Gasteiger partial charge >= 0.3 is 0 Å². The van der Waals surface area contributed by atoms with Crippen LogP contribution >= 0.6 is 0 Å². The summed E-state index contributed by atoms with van der Waals surface area (Å²) in [4.78, 5) is 27.8. The van der Waals surface area contributed by atoms with E-state index in [0.717, 1.165) is 32.8 Å². The molecule has 186 valence electrons. The van der Waals surface area contributed by atoms with E-state index >= 15 is 0 Å². The number of sulfonamides is 1. The van der Waals surface area contributed by atoms with E-state index in [1.165, 1.54) is 4.90 Å². The number of rotatable bonds is 10. The minimum atomic E-state index is -3.74. The van der Waals surface area contributed by atoms with Crippen LogP contribution in [0.25, 0.3) is 0 Å². The Labute approximate surface area is 204 Å². The van der Waals surface area contributed by atoms with E-state index < -0.39 is 28.5 Å². The van der Waals surface area contributed by atoms with Crippen molar-refractivity contribution >= 4 is 27.5 Å². The smallest absolute Gasteiger partial charge is 0.244 e. The topological polar surface area (TPSA) is 86.8 Å². The molecule has 0 saturated carbocycles. The fraction of sp³-hybridized carbons (Fsp3) is 0.462. The minimum Gasteiger partial charge on any atom is -0.354 e. The molecule has 0 unspecified atom stereocenters. The molecule has 2 amide bonds. The quantitative estimate of drug-likeness (QED) is 0.555. The molecule has 0 aliphatic carbocycles. The van der Waals surface area contributed by atoms with E-state index in [-0.39, 0.29) is 18.4 Å². The van der Waals surface area contributed by atoms with Gasteiger partial charge in [-0.25, -0.2) is 8.42 Å². The maximum atomic E-state index is 13.5. The fourth-order valence-corrected chi connectivity index (χ4v) is 4.38. The molecule has 0 bridgehead atoms. The van der Waals surface area contributed by atoms with Gasteiger partial charge in [0.05, 0.1) is 11.9 Å². The van der Waals surface area contributed by atoms with Gasteiger partial charge < -0.3 is 10.2 Å². The van der Waals surface area contributed by atoms with Gasteiger partial charge in [-0.15, -0.1) is 0 Å². The van der Waals surface area contributed by atoms with Gasteiger partial charge in [-0.2, -0.15) is 0 Å². The average Bonchev–Trinajstić information content (AvgIpc) is 2.74. The van der Waals surface area contributed by atoms with E-state index in [9.17, 15) is 18.0 Å². The molecule has 34 heavy (non-hydrogen) atoms. The van der Waals surface area contributed by atoms with Crippen molar-refractivity contribution in [2.45, 2.75) is 54.1 Å². The van der Waals surface area contributed by atoms with E-state index in [0.29, 0.717) is 12.2 Å². The largest absolute Gasteiger partial charge is 0.354 e.